The van der Waals surface area contributed by atoms with Crippen LogP contribution in [0.4, 0.5) is 0 Å². The Morgan fingerprint density at radius 3 is 2.85 bits per heavy atom. The lowest BCUT2D eigenvalue weighted by Crippen LogP contribution is -2.32. The van der Waals surface area contributed by atoms with Crippen molar-refractivity contribution < 1.29 is 0 Å². The van der Waals surface area contributed by atoms with Gasteiger partial charge in [0.25, 0.3) is 0 Å². The Morgan fingerprint density at radius 1 is 1.15 bits per heavy atom. The van der Waals surface area contributed by atoms with Crippen LogP contribution in [0.15, 0.2) is 34.9 Å². The van der Waals surface area contributed by atoms with E-state index in [9.17, 15) is 0 Å². The lowest BCUT2D eigenvalue weighted by atomic mass is 9.95. The van der Waals surface area contributed by atoms with Gasteiger partial charge in [-0.1, -0.05) is 41.3 Å². The average Bonchev–Trinajstić information content (AvgIpc) is 2.90. The smallest absolute Gasteiger partial charge is 0.0491 e. The number of hydrogen-bond acceptors (Lipinski definition) is 1. The maximum atomic E-state index is 3.72. The Kier molecular flexibility index (Phi) is 4.79. The van der Waals surface area contributed by atoms with E-state index >= 15 is 0 Å². The minimum Gasteiger partial charge on any atom is -0.347 e. The van der Waals surface area contributed by atoms with Crippen molar-refractivity contribution in [1.82, 2.24) is 9.88 Å². The number of nitrogens with zero attached hydrogens (tertiary/aromatic N) is 1. The number of rotatable bonds is 5. The second kappa shape index (κ2) is 6.77. The van der Waals surface area contributed by atoms with Gasteiger partial charge in [0.2, 0.25) is 0 Å². The SMILES string of the molecule is Brc1cccc2c1ccn2CCCNC1CCCCC1. The molecule has 1 heterocycles. The first-order valence-electron chi connectivity index (χ1n) is 7.81. The second-order valence-corrected chi connectivity index (χ2v) is 6.68. The Balaban J connectivity index is 1.51. The van der Waals surface area contributed by atoms with Crippen LogP contribution in [0.1, 0.15) is 38.5 Å². The maximum Gasteiger partial charge on any atom is 0.0491 e. The third-order valence-corrected chi connectivity index (χ3v) is 5.07. The fraction of sp³-hybridized carbons (Fsp3) is 0.529. The molecule has 0 unspecified atom stereocenters. The summed E-state index contributed by atoms with van der Waals surface area (Å²) in [6.07, 6.45) is 10.4. The predicted octanol–water partition coefficient (Wildman–Crippen LogP) is 4.72. The van der Waals surface area contributed by atoms with E-state index in [2.05, 4.69) is 56.3 Å². The van der Waals surface area contributed by atoms with Crippen molar-refractivity contribution in [2.45, 2.75) is 51.1 Å². The summed E-state index contributed by atoms with van der Waals surface area (Å²) in [6, 6.07) is 9.41. The van der Waals surface area contributed by atoms with Crippen LogP contribution in [0.3, 0.4) is 0 Å². The summed E-state index contributed by atoms with van der Waals surface area (Å²) in [5, 5.41) is 5.03. The van der Waals surface area contributed by atoms with Gasteiger partial charge < -0.3 is 9.88 Å². The molecule has 0 aliphatic heterocycles. The first-order valence-corrected chi connectivity index (χ1v) is 8.60. The minimum atomic E-state index is 0.777. The van der Waals surface area contributed by atoms with Gasteiger partial charge in [-0.15, -0.1) is 0 Å². The third-order valence-electron chi connectivity index (χ3n) is 4.37. The second-order valence-electron chi connectivity index (χ2n) is 5.82. The van der Waals surface area contributed by atoms with E-state index in [1.165, 1.54) is 53.9 Å². The molecule has 0 amide bonds. The van der Waals surface area contributed by atoms with Crippen LogP contribution < -0.4 is 5.32 Å². The van der Waals surface area contributed by atoms with Crippen molar-refractivity contribution in [2.24, 2.45) is 0 Å². The highest BCUT2D eigenvalue weighted by atomic mass is 79.9. The Hall–Kier alpha value is -0.800. The molecule has 2 aromatic rings. The molecule has 1 aliphatic carbocycles. The van der Waals surface area contributed by atoms with Crippen LogP contribution in [0, 0.1) is 0 Å². The minimum absolute atomic E-state index is 0.777. The predicted molar refractivity (Wildman–Crippen MR) is 89.1 cm³/mol. The van der Waals surface area contributed by atoms with Gasteiger partial charge in [0.05, 0.1) is 0 Å². The van der Waals surface area contributed by atoms with Gasteiger partial charge in [-0.2, -0.15) is 0 Å². The molecule has 20 heavy (non-hydrogen) atoms. The number of fused-ring (bicyclic) bond motifs is 1. The van der Waals surface area contributed by atoms with Crippen LogP contribution in [0.25, 0.3) is 10.9 Å². The molecular formula is C17H23BrN2. The molecule has 1 N–H and O–H groups in total. The van der Waals surface area contributed by atoms with E-state index in [4.69, 9.17) is 0 Å². The molecule has 2 nitrogen and oxygen atoms in total. The quantitative estimate of drug-likeness (QED) is 0.783. The van der Waals surface area contributed by atoms with Gasteiger partial charge in [-0.25, -0.2) is 0 Å². The standard InChI is InChI=1S/C17H23BrN2/c18-16-8-4-9-17-15(16)10-13-20(17)12-5-11-19-14-6-2-1-3-7-14/h4,8-10,13-14,19H,1-3,5-7,11-12H2. The van der Waals surface area contributed by atoms with E-state index < -0.39 is 0 Å². The summed E-state index contributed by atoms with van der Waals surface area (Å²) in [6.45, 7) is 2.23. The topological polar surface area (TPSA) is 17.0 Å². The molecule has 0 radical (unpaired) electrons. The largest absolute Gasteiger partial charge is 0.347 e. The summed E-state index contributed by atoms with van der Waals surface area (Å²) in [5.74, 6) is 0. The summed E-state index contributed by atoms with van der Waals surface area (Å²) in [7, 11) is 0. The summed E-state index contributed by atoms with van der Waals surface area (Å²) in [4.78, 5) is 0. The van der Waals surface area contributed by atoms with Crippen LogP contribution >= 0.6 is 15.9 Å². The molecule has 1 aromatic heterocycles. The Labute approximate surface area is 129 Å². The van der Waals surface area contributed by atoms with Crippen LogP contribution in [-0.4, -0.2) is 17.2 Å². The molecule has 0 saturated heterocycles. The molecule has 108 valence electrons. The summed E-state index contributed by atoms with van der Waals surface area (Å²) >= 11 is 3.62. The normalized spacial score (nSPS) is 16.9. The molecule has 3 rings (SSSR count). The van der Waals surface area contributed by atoms with Crippen molar-refractivity contribution >= 4 is 26.8 Å². The number of aromatic nitrogens is 1. The fourth-order valence-electron chi connectivity index (χ4n) is 3.24. The Morgan fingerprint density at radius 2 is 2.00 bits per heavy atom. The van der Waals surface area contributed by atoms with Crippen LogP contribution in [0.2, 0.25) is 0 Å². The molecular weight excluding hydrogens is 312 g/mol. The third kappa shape index (κ3) is 3.26. The molecule has 1 aromatic carbocycles. The van der Waals surface area contributed by atoms with E-state index in [-0.39, 0.29) is 0 Å². The fourth-order valence-corrected chi connectivity index (χ4v) is 3.73. The van der Waals surface area contributed by atoms with Crippen molar-refractivity contribution in [3.63, 3.8) is 0 Å². The maximum absolute atomic E-state index is 3.72. The zero-order chi connectivity index (χ0) is 13.8. The van der Waals surface area contributed by atoms with Gasteiger partial charge in [-0.3, -0.25) is 0 Å². The first-order chi connectivity index (χ1) is 9.84. The van der Waals surface area contributed by atoms with Crippen molar-refractivity contribution in [3.8, 4) is 0 Å². The highest BCUT2D eigenvalue weighted by molar-refractivity contribution is 9.10. The van der Waals surface area contributed by atoms with E-state index in [1.807, 2.05) is 0 Å². The highest BCUT2D eigenvalue weighted by Gasteiger charge is 2.11. The number of aryl methyl sites for hydroxylation is 1. The molecule has 3 heteroatoms. The summed E-state index contributed by atoms with van der Waals surface area (Å²) < 4.78 is 3.55. The van der Waals surface area contributed by atoms with Crippen molar-refractivity contribution in [3.05, 3.63) is 34.9 Å². The van der Waals surface area contributed by atoms with E-state index in [1.54, 1.807) is 0 Å². The lowest BCUT2D eigenvalue weighted by Gasteiger charge is -2.22. The van der Waals surface area contributed by atoms with Gasteiger partial charge in [0.1, 0.15) is 0 Å². The van der Waals surface area contributed by atoms with Gasteiger partial charge in [0, 0.05) is 34.2 Å². The average molecular weight is 335 g/mol. The molecule has 0 spiro atoms. The van der Waals surface area contributed by atoms with Gasteiger partial charge >= 0.3 is 0 Å². The van der Waals surface area contributed by atoms with E-state index in [0.29, 0.717) is 0 Å². The monoisotopic (exact) mass is 334 g/mol. The first kappa shape index (κ1) is 14.2. The van der Waals surface area contributed by atoms with Crippen molar-refractivity contribution in [2.75, 3.05) is 6.54 Å². The number of nitrogens with one attached hydrogen (secondary N) is 1. The molecule has 0 atom stereocenters. The molecule has 1 fully saturated rings. The van der Waals surface area contributed by atoms with Crippen molar-refractivity contribution in [1.29, 1.82) is 0 Å². The number of benzene rings is 1. The summed E-state index contributed by atoms with van der Waals surface area (Å²) in [5.41, 5.74) is 1.33. The molecule has 1 aliphatic rings. The molecule has 0 bridgehead atoms. The van der Waals surface area contributed by atoms with Gasteiger partial charge in [0.15, 0.2) is 0 Å². The van der Waals surface area contributed by atoms with E-state index in [0.717, 1.165) is 19.1 Å². The molecule has 1 saturated carbocycles. The van der Waals surface area contributed by atoms with Gasteiger partial charge in [-0.05, 0) is 44.0 Å². The lowest BCUT2D eigenvalue weighted by molar-refractivity contribution is 0.369. The highest BCUT2D eigenvalue weighted by Crippen LogP contribution is 2.24. The van der Waals surface area contributed by atoms with Crippen LogP contribution in [0.5, 0.6) is 0 Å². The number of hydrogen-bond donors (Lipinski definition) is 1. The zero-order valence-electron chi connectivity index (χ0n) is 11.9. The Bertz CT molecular complexity index is 555. The van der Waals surface area contributed by atoms with Crippen LogP contribution in [-0.2, 0) is 6.54 Å². The number of halogens is 1. The zero-order valence-corrected chi connectivity index (χ0v) is 13.5.